The molecule has 4 rings (SSSR count). The first-order valence-corrected chi connectivity index (χ1v) is 10.5. The van der Waals surface area contributed by atoms with E-state index in [4.69, 9.17) is 10.7 Å². The van der Waals surface area contributed by atoms with Crippen LogP contribution in [0.5, 0.6) is 0 Å². The summed E-state index contributed by atoms with van der Waals surface area (Å²) in [5.41, 5.74) is 9.60. The van der Waals surface area contributed by atoms with Crippen LogP contribution in [0.1, 0.15) is 34.4 Å². The molecule has 3 N–H and O–H groups in total. The number of pyridine rings is 1. The van der Waals surface area contributed by atoms with Gasteiger partial charge in [0, 0.05) is 30.5 Å². The van der Waals surface area contributed by atoms with Crippen molar-refractivity contribution >= 4 is 28.1 Å². The Kier molecular flexibility index (Phi) is 5.35. The highest BCUT2D eigenvalue weighted by Crippen LogP contribution is 2.36. The molecule has 9 nitrogen and oxygen atoms in total. The smallest absolute Gasteiger partial charge is 0.267 e. The number of nitrogens with two attached hydrogens (primary N) is 1. The largest absolute Gasteiger partial charge is 0.396 e. The van der Waals surface area contributed by atoms with Crippen molar-refractivity contribution in [1.29, 1.82) is 0 Å². The molecule has 4 heterocycles. The van der Waals surface area contributed by atoms with Gasteiger partial charge < -0.3 is 10.8 Å². The average molecular weight is 426 g/mol. The molecule has 4 aromatic heterocycles. The van der Waals surface area contributed by atoms with Gasteiger partial charge in [-0.1, -0.05) is 6.92 Å². The summed E-state index contributed by atoms with van der Waals surface area (Å²) in [5.74, 6) is -0.592. The van der Waals surface area contributed by atoms with Gasteiger partial charge >= 0.3 is 0 Å². The maximum atomic E-state index is 11.9. The maximum Gasteiger partial charge on any atom is 0.267 e. The third-order valence-corrected chi connectivity index (χ3v) is 6.11. The monoisotopic (exact) mass is 425 g/mol. The van der Waals surface area contributed by atoms with E-state index in [1.54, 1.807) is 28.3 Å². The van der Waals surface area contributed by atoms with Crippen molar-refractivity contribution in [1.82, 2.24) is 29.5 Å². The van der Waals surface area contributed by atoms with E-state index in [9.17, 15) is 9.90 Å². The summed E-state index contributed by atoms with van der Waals surface area (Å²) in [7, 11) is 1.81. The topological polar surface area (TPSA) is 125 Å². The molecule has 0 aliphatic heterocycles. The predicted octanol–water partition coefficient (Wildman–Crippen LogP) is 2.31. The summed E-state index contributed by atoms with van der Waals surface area (Å²) in [4.78, 5) is 22.4. The summed E-state index contributed by atoms with van der Waals surface area (Å²) >= 11 is 1.58. The molecule has 10 heteroatoms. The molecule has 0 unspecified atom stereocenters. The maximum absolute atomic E-state index is 11.9. The number of thiazole rings is 1. The first-order chi connectivity index (χ1) is 14.4. The van der Waals surface area contributed by atoms with Crippen molar-refractivity contribution in [2.24, 2.45) is 12.8 Å². The molecular formula is C20H23N7O2S. The van der Waals surface area contributed by atoms with Gasteiger partial charge in [0.1, 0.15) is 22.1 Å². The molecular weight excluding hydrogens is 402 g/mol. The minimum Gasteiger partial charge on any atom is -0.396 e. The zero-order valence-electron chi connectivity index (χ0n) is 17.1. The normalized spacial score (nSPS) is 11.5. The lowest BCUT2D eigenvalue weighted by Crippen LogP contribution is -2.14. The van der Waals surface area contributed by atoms with Crippen molar-refractivity contribution in [3.05, 3.63) is 34.6 Å². The number of aromatic nitrogens is 6. The van der Waals surface area contributed by atoms with Crippen LogP contribution in [-0.2, 0) is 20.0 Å². The first-order valence-electron chi connectivity index (χ1n) is 9.71. The van der Waals surface area contributed by atoms with Gasteiger partial charge in [-0.15, -0.1) is 11.3 Å². The summed E-state index contributed by atoms with van der Waals surface area (Å²) in [6, 6.07) is 3.65. The number of aryl methyl sites for hydroxylation is 4. The van der Waals surface area contributed by atoms with Crippen LogP contribution < -0.4 is 5.73 Å². The van der Waals surface area contributed by atoms with E-state index in [1.807, 2.05) is 24.7 Å². The Morgan fingerprint density at radius 3 is 2.77 bits per heavy atom. The summed E-state index contributed by atoms with van der Waals surface area (Å²) in [6.45, 7) is 4.71. The van der Waals surface area contributed by atoms with E-state index in [-0.39, 0.29) is 12.3 Å². The van der Waals surface area contributed by atoms with Crippen molar-refractivity contribution in [3.63, 3.8) is 0 Å². The first kappa shape index (κ1) is 20.2. The molecule has 156 valence electrons. The van der Waals surface area contributed by atoms with Crippen LogP contribution in [0.3, 0.4) is 0 Å². The lowest BCUT2D eigenvalue weighted by molar-refractivity contribution is 0.0996. The standard InChI is InChI=1S/C20H23N7O2S/c1-4-16-18(17-12-10-22-26(3)14(12)9-13(23-17)19(21)29)24-20(30-16)15-8-11(2)25-27(15)6-5-7-28/h8-10,28H,4-7H2,1-3H3,(H2,21,29). The van der Waals surface area contributed by atoms with Crippen LogP contribution in [0.25, 0.3) is 33.0 Å². The number of amides is 1. The number of hydrogen-bond donors (Lipinski definition) is 2. The molecule has 30 heavy (non-hydrogen) atoms. The van der Waals surface area contributed by atoms with Gasteiger partial charge in [-0.05, 0) is 31.9 Å². The number of nitrogens with zero attached hydrogens (tertiary/aromatic N) is 6. The second-order valence-corrected chi connectivity index (χ2v) is 8.12. The number of carbonyl (C=O) groups is 1. The van der Waals surface area contributed by atoms with Gasteiger partial charge in [0.05, 0.1) is 23.1 Å². The van der Waals surface area contributed by atoms with Crippen molar-refractivity contribution < 1.29 is 9.90 Å². The van der Waals surface area contributed by atoms with Crippen LogP contribution >= 0.6 is 11.3 Å². The summed E-state index contributed by atoms with van der Waals surface area (Å²) < 4.78 is 3.57. The number of aliphatic hydroxyl groups excluding tert-OH is 1. The van der Waals surface area contributed by atoms with E-state index >= 15 is 0 Å². The minimum atomic E-state index is -0.592. The minimum absolute atomic E-state index is 0.102. The Hall–Kier alpha value is -3.11. The molecule has 4 aromatic rings. The van der Waals surface area contributed by atoms with E-state index < -0.39 is 5.91 Å². The molecule has 0 spiro atoms. The van der Waals surface area contributed by atoms with Crippen molar-refractivity contribution in [2.75, 3.05) is 6.61 Å². The van der Waals surface area contributed by atoms with Gasteiger partial charge in [-0.2, -0.15) is 10.2 Å². The molecule has 0 radical (unpaired) electrons. The highest BCUT2D eigenvalue weighted by atomic mass is 32.1. The van der Waals surface area contributed by atoms with Crippen LogP contribution in [0, 0.1) is 6.92 Å². The van der Waals surface area contributed by atoms with E-state index in [0.29, 0.717) is 18.7 Å². The Morgan fingerprint density at radius 1 is 1.27 bits per heavy atom. The third kappa shape index (κ3) is 3.48. The van der Waals surface area contributed by atoms with Crippen molar-refractivity contribution in [3.8, 4) is 22.1 Å². The molecule has 0 atom stereocenters. The number of aliphatic hydroxyl groups is 1. The fraction of sp³-hybridized carbons (Fsp3) is 0.350. The van der Waals surface area contributed by atoms with E-state index in [1.165, 1.54) is 0 Å². The number of primary amides is 1. The summed E-state index contributed by atoms with van der Waals surface area (Å²) in [6.07, 6.45) is 3.11. The molecule has 0 saturated heterocycles. The van der Waals surface area contributed by atoms with Crippen LogP contribution in [0.4, 0.5) is 0 Å². The molecule has 0 saturated carbocycles. The van der Waals surface area contributed by atoms with Gasteiger partial charge in [0.2, 0.25) is 0 Å². The second-order valence-electron chi connectivity index (χ2n) is 7.04. The highest BCUT2D eigenvalue weighted by Gasteiger charge is 2.22. The molecule has 0 aliphatic rings. The number of carbonyl (C=O) groups excluding carboxylic acids is 1. The lowest BCUT2D eigenvalue weighted by atomic mass is 10.1. The van der Waals surface area contributed by atoms with Gasteiger partial charge in [-0.3, -0.25) is 14.2 Å². The molecule has 1 amide bonds. The van der Waals surface area contributed by atoms with Gasteiger partial charge in [0.15, 0.2) is 0 Å². The van der Waals surface area contributed by atoms with E-state index in [0.717, 1.165) is 44.3 Å². The highest BCUT2D eigenvalue weighted by molar-refractivity contribution is 7.15. The second kappa shape index (κ2) is 7.96. The van der Waals surface area contributed by atoms with Crippen LogP contribution in [0.15, 0.2) is 18.3 Å². The predicted molar refractivity (Wildman–Crippen MR) is 115 cm³/mol. The fourth-order valence-corrected chi connectivity index (χ4v) is 4.47. The van der Waals surface area contributed by atoms with E-state index in [2.05, 4.69) is 22.1 Å². The zero-order valence-corrected chi connectivity index (χ0v) is 17.9. The van der Waals surface area contributed by atoms with Gasteiger partial charge in [0.25, 0.3) is 5.91 Å². The van der Waals surface area contributed by atoms with Crippen molar-refractivity contribution in [2.45, 2.75) is 33.2 Å². The molecule has 0 aliphatic carbocycles. The van der Waals surface area contributed by atoms with Crippen LogP contribution in [-0.4, -0.2) is 47.1 Å². The summed E-state index contributed by atoms with van der Waals surface area (Å²) in [5, 5.41) is 19.7. The Bertz CT molecular complexity index is 1240. The van der Waals surface area contributed by atoms with Gasteiger partial charge in [-0.25, -0.2) is 9.97 Å². The molecule has 0 bridgehead atoms. The molecule has 0 aromatic carbocycles. The quantitative estimate of drug-likeness (QED) is 0.468. The third-order valence-electron chi connectivity index (χ3n) is 4.89. The number of rotatable bonds is 7. The Labute approximate surface area is 177 Å². The Balaban J connectivity index is 1.90. The zero-order chi connectivity index (χ0) is 21.4. The number of fused-ring (bicyclic) bond motifs is 1. The lowest BCUT2D eigenvalue weighted by Gasteiger charge is -2.05. The fourth-order valence-electron chi connectivity index (χ4n) is 3.44. The number of hydrogen-bond acceptors (Lipinski definition) is 7. The average Bonchev–Trinajstić information content (AvgIpc) is 3.42. The SMILES string of the molecule is CCc1sc(-c2cc(C)nn2CCCO)nc1-c1nc(C(N)=O)cc2c1cnn2C. The Morgan fingerprint density at radius 2 is 2.07 bits per heavy atom. The molecule has 0 fully saturated rings. The van der Waals surface area contributed by atoms with Crippen LogP contribution in [0.2, 0.25) is 0 Å².